The van der Waals surface area contributed by atoms with E-state index in [0.29, 0.717) is 6.54 Å². The van der Waals surface area contributed by atoms with Crippen molar-refractivity contribution in [2.45, 2.75) is 37.5 Å². The van der Waals surface area contributed by atoms with Crippen LogP contribution in [-0.2, 0) is 9.59 Å². The van der Waals surface area contributed by atoms with Crippen molar-refractivity contribution < 1.29 is 9.59 Å². The van der Waals surface area contributed by atoms with Crippen LogP contribution in [0.3, 0.4) is 0 Å². The van der Waals surface area contributed by atoms with Gasteiger partial charge in [0.2, 0.25) is 11.8 Å². The van der Waals surface area contributed by atoms with E-state index in [-0.39, 0.29) is 11.8 Å². The molecule has 0 aromatic heterocycles. The van der Waals surface area contributed by atoms with Gasteiger partial charge in [0.05, 0.1) is 5.41 Å². The van der Waals surface area contributed by atoms with E-state index >= 15 is 0 Å². The SMILES string of the molecule is CCCN1C(=O)C(C)(C)C(C)(I)C1=O. The number of nitrogens with zero attached hydrogens (tertiary/aromatic N) is 1. The van der Waals surface area contributed by atoms with Gasteiger partial charge in [0.1, 0.15) is 3.42 Å². The second-order valence-corrected chi connectivity index (χ2v) is 6.55. The van der Waals surface area contributed by atoms with Gasteiger partial charge in [-0.1, -0.05) is 29.5 Å². The van der Waals surface area contributed by atoms with Crippen molar-refractivity contribution in [3.63, 3.8) is 0 Å². The van der Waals surface area contributed by atoms with Gasteiger partial charge in [-0.3, -0.25) is 14.5 Å². The molecule has 1 atom stereocenters. The molecule has 0 N–H and O–H groups in total. The maximum absolute atomic E-state index is 11.9. The van der Waals surface area contributed by atoms with Gasteiger partial charge in [0.15, 0.2) is 0 Å². The Morgan fingerprint density at radius 1 is 1.21 bits per heavy atom. The number of hydrogen-bond donors (Lipinski definition) is 0. The molecule has 4 heteroatoms. The molecule has 80 valence electrons. The Kier molecular flexibility index (Phi) is 2.96. The predicted octanol–water partition coefficient (Wildman–Crippen LogP) is 1.99. The van der Waals surface area contributed by atoms with E-state index in [9.17, 15) is 9.59 Å². The van der Waals surface area contributed by atoms with Gasteiger partial charge in [0, 0.05) is 6.54 Å². The topological polar surface area (TPSA) is 37.4 Å². The summed E-state index contributed by atoms with van der Waals surface area (Å²) in [4.78, 5) is 25.3. The average Bonchev–Trinajstić information content (AvgIpc) is 2.19. The monoisotopic (exact) mass is 309 g/mol. The van der Waals surface area contributed by atoms with Crippen molar-refractivity contribution >= 4 is 34.4 Å². The van der Waals surface area contributed by atoms with Gasteiger partial charge < -0.3 is 0 Å². The lowest BCUT2D eigenvalue weighted by Crippen LogP contribution is -2.38. The van der Waals surface area contributed by atoms with Crippen LogP contribution in [0.5, 0.6) is 0 Å². The number of rotatable bonds is 2. The lowest BCUT2D eigenvalue weighted by atomic mass is 9.82. The first-order valence-corrected chi connectivity index (χ1v) is 5.90. The van der Waals surface area contributed by atoms with Crippen LogP contribution in [0, 0.1) is 5.41 Å². The molecule has 1 aliphatic rings. The normalized spacial score (nSPS) is 31.4. The van der Waals surface area contributed by atoms with Gasteiger partial charge >= 0.3 is 0 Å². The van der Waals surface area contributed by atoms with Crippen LogP contribution >= 0.6 is 22.6 Å². The lowest BCUT2D eigenvalue weighted by Gasteiger charge is -2.26. The number of hydrogen-bond acceptors (Lipinski definition) is 2. The van der Waals surface area contributed by atoms with Crippen LogP contribution in [-0.4, -0.2) is 26.7 Å². The molecule has 0 aromatic rings. The molecular weight excluding hydrogens is 293 g/mol. The zero-order chi connectivity index (χ0) is 11.1. The number of imide groups is 1. The number of carbonyl (C=O) groups excluding carboxylic acids is 2. The summed E-state index contributed by atoms with van der Waals surface area (Å²) < 4.78 is -0.600. The third-order valence-corrected chi connectivity index (χ3v) is 4.86. The van der Waals surface area contributed by atoms with E-state index in [4.69, 9.17) is 0 Å². The molecule has 2 amide bonds. The fourth-order valence-electron chi connectivity index (χ4n) is 1.58. The summed E-state index contributed by atoms with van der Waals surface area (Å²) >= 11 is 2.09. The molecule has 1 fully saturated rings. The largest absolute Gasteiger partial charge is 0.281 e. The Bertz CT molecular complexity index is 258. The third-order valence-electron chi connectivity index (χ3n) is 3.05. The summed E-state index contributed by atoms with van der Waals surface area (Å²) in [6, 6.07) is 0. The molecule has 3 nitrogen and oxygen atoms in total. The second-order valence-electron chi connectivity index (χ2n) is 4.39. The highest BCUT2D eigenvalue weighted by Crippen LogP contribution is 2.47. The first-order chi connectivity index (χ1) is 6.26. The summed E-state index contributed by atoms with van der Waals surface area (Å²) in [7, 11) is 0. The molecule has 1 aliphatic heterocycles. The fraction of sp³-hybridized carbons (Fsp3) is 0.800. The van der Waals surface area contributed by atoms with Gasteiger partial charge in [-0.25, -0.2) is 0 Å². The molecule has 1 saturated heterocycles. The van der Waals surface area contributed by atoms with Crippen LogP contribution < -0.4 is 0 Å². The van der Waals surface area contributed by atoms with Gasteiger partial charge in [-0.2, -0.15) is 0 Å². The summed E-state index contributed by atoms with van der Waals surface area (Å²) in [5.41, 5.74) is -0.584. The summed E-state index contributed by atoms with van der Waals surface area (Å²) in [5.74, 6) is -0.0869. The molecule has 14 heavy (non-hydrogen) atoms. The van der Waals surface area contributed by atoms with Gasteiger partial charge in [0.25, 0.3) is 0 Å². The Balaban J connectivity index is 3.09. The molecule has 1 unspecified atom stereocenters. The van der Waals surface area contributed by atoms with Crippen LogP contribution in [0.4, 0.5) is 0 Å². The maximum Gasteiger partial charge on any atom is 0.246 e. The lowest BCUT2D eigenvalue weighted by molar-refractivity contribution is -0.140. The highest BCUT2D eigenvalue weighted by molar-refractivity contribution is 14.1. The predicted molar refractivity (Wildman–Crippen MR) is 63.2 cm³/mol. The minimum atomic E-state index is -0.600. The molecule has 0 radical (unpaired) electrons. The fourth-order valence-corrected chi connectivity index (χ4v) is 2.10. The van der Waals surface area contributed by atoms with Crippen LogP contribution in [0.1, 0.15) is 34.1 Å². The van der Waals surface area contributed by atoms with Crippen molar-refractivity contribution in [2.24, 2.45) is 5.41 Å². The maximum atomic E-state index is 11.9. The van der Waals surface area contributed by atoms with E-state index in [1.165, 1.54) is 4.90 Å². The Morgan fingerprint density at radius 2 is 1.71 bits per heavy atom. The molecule has 0 aromatic carbocycles. The Hall–Kier alpha value is -0.130. The zero-order valence-electron chi connectivity index (χ0n) is 9.06. The van der Waals surface area contributed by atoms with Crippen molar-refractivity contribution in [2.75, 3.05) is 6.54 Å². The van der Waals surface area contributed by atoms with Crippen molar-refractivity contribution in [1.29, 1.82) is 0 Å². The second kappa shape index (κ2) is 3.47. The zero-order valence-corrected chi connectivity index (χ0v) is 11.2. The summed E-state index contributed by atoms with van der Waals surface area (Å²) in [5, 5.41) is 0. The standard InChI is InChI=1S/C10H16INO2/c1-5-6-12-7(13)9(2,3)10(4,11)8(12)14/h5-6H2,1-4H3. The number of alkyl halides is 1. The first kappa shape index (κ1) is 11.9. The quantitative estimate of drug-likeness (QED) is 0.444. The molecule has 0 spiro atoms. The van der Waals surface area contributed by atoms with E-state index in [0.717, 1.165) is 6.42 Å². The van der Waals surface area contributed by atoms with Crippen molar-refractivity contribution in [1.82, 2.24) is 4.90 Å². The van der Waals surface area contributed by atoms with E-state index in [2.05, 4.69) is 22.6 Å². The number of likely N-dealkylation sites (tertiary alicyclic amines) is 1. The molecule has 1 rings (SSSR count). The highest BCUT2D eigenvalue weighted by Gasteiger charge is 2.60. The summed E-state index contributed by atoms with van der Waals surface area (Å²) in [6.07, 6.45) is 0.820. The molecule has 0 aliphatic carbocycles. The summed E-state index contributed by atoms with van der Waals surface area (Å²) in [6.45, 7) is 8.03. The molecule has 0 bridgehead atoms. The van der Waals surface area contributed by atoms with Crippen molar-refractivity contribution in [3.05, 3.63) is 0 Å². The van der Waals surface area contributed by atoms with E-state index < -0.39 is 8.84 Å². The van der Waals surface area contributed by atoms with E-state index in [1.807, 2.05) is 27.7 Å². The average molecular weight is 309 g/mol. The smallest absolute Gasteiger partial charge is 0.246 e. The van der Waals surface area contributed by atoms with Gasteiger partial charge in [-0.15, -0.1) is 0 Å². The molecule has 0 saturated carbocycles. The van der Waals surface area contributed by atoms with Crippen LogP contribution in [0.25, 0.3) is 0 Å². The molecular formula is C10H16INO2. The van der Waals surface area contributed by atoms with Crippen LogP contribution in [0.2, 0.25) is 0 Å². The Labute approximate surface area is 98.4 Å². The molecule has 1 heterocycles. The van der Waals surface area contributed by atoms with Crippen LogP contribution in [0.15, 0.2) is 0 Å². The number of halogens is 1. The van der Waals surface area contributed by atoms with Crippen molar-refractivity contribution in [3.8, 4) is 0 Å². The van der Waals surface area contributed by atoms with Gasteiger partial charge in [-0.05, 0) is 27.2 Å². The minimum Gasteiger partial charge on any atom is -0.281 e. The highest BCUT2D eigenvalue weighted by atomic mass is 127. The first-order valence-electron chi connectivity index (χ1n) is 4.82. The van der Waals surface area contributed by atoms with E-state index in [1.54, 1.807) is 0 Å². The Morgan fingerprint density at radius 3 is 2.00 bits per heavy atom. The third kappa shape index (κ3) is 1.38. The number of amides is 2. The number of carbonyl (C=O) groups is 2. The minimum absolute atomic E-state index is 0.0405.